The van der Waals surface area contributed by atoms with Gasteiger partial charge in [0.15, 0.2) is 0 Å². The van der Waals surface area contributed by atoms with Crippen molar-refractivity contribution in [2.75, 3.05) is 0 Å². The molecule has 106 valence electrons. The van der Waals surface area contributed by atoms with Crippen molar-refractivity contribution in [1.29, 1.82) is 0 Å². The third-order valence-corrected chi connectivity index (χ3v) is 2.85. The number of hydrogen-bond donors (Lipinski definition) is 4. The van der Waals surface area contributed by atoms with Gasteiger partial charge in [-0.25, -0.2) is 0 Å². The number of H-pyrrole nitrogens is 1. The number of nitro benzene ring substituents is 1. The van der Waals surface area contributed by atoms with E-state index in [1.807, 2.05) is 0 Å². The summed E-state index contributed by atoms with van der Waals surface area (Å²) in [5.41, 5.74) is 0.0748. The van der Waals surface area contributed by atoms with Gasteiger partial charge in [-0.05, 0) is 11.6 Å². The smallest absolute Gasteiger partial charge is 0.306 e. The first-order valence-electron chi connectivity index (χ1n) is 5.59. The van der Waals surface area contributed by atoms with Crippen molar-refractivity contribution in [3.8, 4) is 0 Å². The summed E-state index contributed by atoms with van der Waals surface area (Å²) >= 11 is 0. The molecule has 4 N–H and O–H groups in total. The van der Waals surface area contributed by atoms with Crippen LogP contribution < -0.4 is 0 Å². The number of carbonyl (C=O) groups is 1. The van der Waals surface area contributed by atoms with Gasteiger partial charge < -0.3 is 15.3 Å². The highest BCUT2D eigenvalue weighted by Gasteiger charge is 2.25. The molecule has 0 aliphatic rings. The van der Waals surface area contributed by atoms with Crippen LogP contribution in [0.3, 0.4) is 0 Å². The molecular formula is C11H11N3O6. The summed E-state index contributed by atoms with van der Waals surface area (Å²) in [6, 6.07) is 2.47. The molecule has 2 rings (SSSR count). The van der Waals surface area contributed by atoms with Crippen molar-refractivity contribution >= 4 is 22.6 Å². The average Bonchev–Trinajstić information content (AvgIpc) is 2.83. The van der Waals surface area contributed by atoms with Crippen molar-refractivity contribution in [3.63, 3.8) is 0 Å². The van der Waals surface area contributed by atoms with Crippen molar-refractivity contribution in [2.45, 2.75) is 18.6 Å². The number of carboxylic acids is 1. The quantitative estimate of drug-likeness (QED) is 0.455. The maximum atomic E-state index is 11.0. The van der Waals surface area contributed by atoms with Crippen LogP contribution in [-0.2, 0) is 4.79 Å². The Morgan fingerprint density at radius 2 is 2.15 bits per heavy atom. The highest BCUT2D eigenvalue weighted by Crippen LogP contribution is 2.30. The van der Waals surface area contributed by atoms with Crippen molar-refractivity contribution in [2.24, 2.45) is 0 Å². The van der Waals surface area contributed by atoms with Gasteiger partial charge in [-0.1, -0.05) is 0 Å². The van der Waals surface area contributed by atoms with Crippen LogP contribution >= 0.6 is 0 Å². The van der Waals surface area contributed by atoms with Crippen LogP contribution in [0.15, 0.2) is 18.3 Å². The molecule has 0 fully saturated rings. The van der Waals surface area contributed by atoms with Crippen LogP contribution in [0.4, 0.5) is 5.69 Å². The Balaban J connectivity index is 2.44. The minimum absolute atomic E-state index is 0.0437. The number of aromatic amines is 1. The number of aromatic nitrogens is 2. The summed E-state index contributed by atoms with van der Waals surface area (Å²) in [6.45, 7) is 0. The molecule has 9 heteroatoms. The number of rotatable bonds is 5. The van der Waals surface area contributed by atoms with E-state index in [1.54, 1.807) is 0 Å². The highest BCUT2D eigenvalue weighted by atomic mass is 16.6. The van der Waals surface area contributed by atoms with E-state index in [9.17, 15) is 25.1 Å². The fourth-order valence-corrected chi connectivity index (χ4v) is 1.89. The van der Waals surface area contributed by atoms with E-state index in [0.29, 0.717) is 5.52 Å². The minimum Gasteiger partial charge on any atom is -0.481 e. The maximum Gasteiger partial charge on any atom is 0.306 e. The molecule has 0 aliphatic heterocycles. The van der Waals surface area contributed by atoms with Crippen LogP contribution in [0.5, 0.6) is 0 Å². The van der Waals surface area contributed by atoms with Crippen molar-refractivity contribution in [1.82, 2.24) is 10.2 Å². The van der Waals surface area contributed by atoms with Gasteiger partial charge >= 0.3 is 5.97 Å². The van der Waals surface area contributed by atoms with Gasteiger partial charge in [0.2, 0.25) is 0 Å². The summed E-state index contributed by atoms with van der Waals surface area (Å²) in [5, 5.41) is 45.4. The molecule has 1 aromatic heterocycles. The van der Waals surface area contributed by atoms with E-state index in [0.717, 1.165) is 6.07 Å². The summed E-state index contributed by atoms with van der Waals surface area (Å²) in [6.07, 6.45) is -2.50. The third kappa shape index (κ3) is 2.58. The fraction of sp³-hybridized carbons (Fsp3) is 0.273. The molecule has 2 unspecified atom stereocenters. The molecule has 1 heterocycles. The van der Waals surface area contributed by atoms with Crippen LogP contribution in [0.25, 0.3) is 10.9 Å². The first kappa shape index (κ1) is 13.9. The monoisotopic (exact) mass is 281 g/mol. The number of nitrogens with one attached hydrogen (secondary N) is 1. The van der Waals surface area contributed by atoms with Gasteiger partial charge in [-0.15, -0.1) is 0 Å². The van der Waals surface area contributed by atoms with Crippen LogP contribution in [0.2, 0.25) is 0 Å². The third-order valence-electron chi connectivity index (χ3n) is 2.85. The molecular weight excluding hydrogens is 270 g/mol. The summed E-state index contributed by atoms with van der Waals surface area (Å²) in [4.78, 5) is 20.8. The number of nitrogens with zero attached hydrogens (tertiary/aromatic N) is 2. The summed E-state index contributed by atoms with van der Waals surface area (Å²) < 4.78 is 0. The molecule has 2 aromatic rings. The van der Waals surface area contributed by atoms with Gasteiger partial charge in [0.25, 0.3) is 5.69 Å². The van der Waals surface area contributed by atoms with Crippen LogP contribution in [0, 0.1) is 10.1 Å². The van der Waals surface area contributed by atoms with Crippen LogP contribution in [-0.4, -0.2) is 42.5 Å². The molecule has 0 aliphatic carbocycles. The molecule has 0 saturated carbocycles. The number of hydrogen-bond acceptors (Lipinski definition) is 6. The van der Waals surface area contributed by atoms with E-state index in [4.69, 9.17) is 5.11 Å². The molecule has 9 nitrogen and oxygen atoms in total. The summed E-state index contributed by atoms with van der Waals surface area (Å²) in [7, 11) is 0. The second kappa shape index (κ2) is 5.23. The number of fused-ring (bicyclic) bond motifs is 1. The second-order valence-corrected chi connectivity index (χ2v) is 4.24. The standard InChI is InChI=1S/C11H11N3O6/c15-9(3-10(16)17)11(18)5-1-7-6(4-12-13-7)8(2-5)14(19)20/h1-2,4,9,11,15,18H,3H2,(H,12,13)(H,16,17). The van der Waals surface area contributed by atoms with E-state index < -0.39 is 29.5 Å². The van der Waals surface area contributed by atoms with E-state index >= 15 is 0 Å². The van der Waals surface area contributed by atoms with Gasteiger partial charge in [0, 0.05) is 6.07 Å². The maximum absolute atomic E-state index is 11.0. The van der Waals surface area contributed by atoms with Crippen molar-refractivity contribution in [3.05, 3.63) is 34.0 Å². The van der Waals surface area contributed by atoms with Crippen molar-refractivity contribution < 1.29 is 25.0 Å². The van der Waals surface area contributed by atoms with Gasteiger partial charge in [-0.2, -0.15) is 5.10 Å². The molecule has 0 spiro atoms. The summed E-state index contributed by atoms with van der Waals surface area (Å²) in [5.74, 6) is -1.28. The number of aliphatic hydroxyl groups excluding tert-OH is 2. The lowest BCUT2D eigenvalue weighted by Crippen LogP contribution is -2.21. The lowest BCUT2D eigenvalue weighted by atomic mass is 10.00. The van der Waals surface area contributed by atoms with Gasteiger partial charge in [0.1, 0.15) is 6.10 Å². The Morgan fingerprint density at radius 1 is 1.45 bits per heavy atom. The fourth-order valence-electron chi connectivity index (χ4n) is 1.89. The molecule has 20 heavy (non-hydrogen) atoms. The normalized spacial score (nSPS) is 14.1. The second-order valence-electron chi connectivity index (χ2n) is 4.24. The number of nitro groups is 1. The minimum atomic E-state index is -1.56. The molecule has 0 bridgehead atoms. The number of benzene rings is 1. The highest BCUT2D eigenvalue weighted by molar-refractivity contribution is 5.88. The lowest BCUT2D eigenvalue weighted by Gasteiger charge is -2.16. The number of carboxylic acid groups (broad SMARTS) is 1. The zero-order valence-corrected chi connectivity index (χ0v) is 10.1. The zero-order chi connectivity index (χ0) is 14.9. The number of aliphatic carboxylic acids is 1. The molecule has 2 atom stereocenters. The topological polar surface area (TPSA) is 150 Å². The first-order valence-corrected chi connectivity index (χ1v) is 5.59. The van der Waals surface area contributed by atoms with Gasteiger partial charge in [0.05, 0.1) is 34.5 Å². The van der Waals surface area contributed by atoms with E-state index in [-0.39, 0.29) is 16.6 Å². The zero-order valence-electron chi connectivity index (χ0n) is 10.1. The Kier molecular flexibility index (Phi) is 3.63. The molecule has 0 saturated heterocycles. The Bertz CT molecular complexity index is 667. The molecule has 1 aromatic carbocycles. The number of non-ortho nitro benzene ring substituents is 1. The Hall–Kier alpha value is -2.52. The molecule has 0 amide bonds. The van der Waals surface area contributed by atoms with E-state index in [1.165, 1.54) is 12.3 Å². The predicted molar refractivity (Wildman–Crippen MR) is 66.0 cm³/mol. The Labute approximate surface area is 111 Å². The lowest BCUT2D eigenvalue weighted by molar-refractivity contribution is -0.383. The number of aliphatic hydroxyl groups is 2. The van der Waals surface area contributed by atoms with Gasteiger partial charge in [-0.3, -0.25) is 20.0 Å². The Morgan fingerprint density at radius 3 is 2.75 bits per heavy atom. The van der Waals surface area contributed by atoms with E-state index in [2.05, 4.69) is 10.2 Å². The van der Waals surface area contributed by atoms with Crippen LogP contribution in [0.1, 0.15) is 18.1 Å². The first-order chi connectivity index (χ1) is 9.40. The largest absolute Gasteiger partial charge is 0.481 e. The SMILES string of the molecule is O=C(O)CC(O)C(O)c1cc([N+](=O)[O-])c2cn[nH]c2c1. The average molecular weight is 281 g/mol. The predicted octanol–water partition coefficient (Wildman–Crippen LogP) is 0.340. The molecule has 0 radical (unpaired) electrons.